The molecule has 3 aromatic carbocycles. The third-order valence-corrected chi connectivity index (χ3v) is 6.32. The maximum atomic E-state index is 13.4. The number of aryl methyl sites for hydroxylation is 2. The molecule has 0 radical (unpaired) electrons. The van der Waals surface area contributed by atoms with Crippen molar-refractivity contribution < 1.29 is 19.4 Å². The van der Waals surface area contributed by atoms with Crippen LogP contribution in [0.2, 0.25) is 0 Å². The number of Topliss-reactive ketones (excluding diaryl/α,β-unsaturated/α-hetero) is 1. The lowest BCUT2D eigenvalue weighted by Gasteiger charge is -2.26. The highest BCUT2D eigenvalue weighted by molar-refractivity contribution is 6.51. The Morgan fingerprint density at radius 1 is 0.971 bits per heavy atom. The van der Waals surface area contributed by atoms with Crippen molar-refractivity contribution in [2.24, 2.45) is 0 Å². The summed E-state index contributed by atoms with van der Waals surface area (Å²) in [5.74, 6) is -0.651. The van der Waals surface area contributed by atoms with Crippen LogP contribution >= 0.6 is 0 Å². The molecule has 1 fully saturated rings. The molecule has 1 aliphatic rings. The van der Waals surface area contributed by atoms with E-state index in [9.17, 15) is 14.7 Å². The third-order valence-electron chi connectivity index (χ3n) is 6.32. The first-order valence-electron chi connectivity index (χ1n) is 11.9. The van der Waals surface area contributed by atoms with Gasteiger partial charge in [-0.3, -0.25) is 14.5 Å². The average Bonchev–Trinajstić information content (AvgIpc) is 3.10. The SMILES string of the molecule is CCOc1ccc(/C(O)=C2/C(=O)C(=O)N(c3ccc(C)cc3)C2c2cccc(C)c2)cc1C(C)C. The number of hydrogen-bond donors (Lipinski definition) is 1. The van der Waals surface area contributed by atoms with Crippen LogP contribution < -0.4 is 9.64 Å². The number of nitrogens with zero attached hydrogens (tertiary/aromatic N) is 1. The summed E-state index contributed by atoms with van der Waals surface area (Å²) in [6.07, 6.45) is 0. The fourth-order valence-electron chi connectivity index (χ4n) is 4.55. The first-order valence-corrected chi connectivity index (χ1v) is 11.9. The van der Waals surface area contributed by atoms with E-state index >= 15 is 0 Å². The number of ether oxygens (including phenoxy) is 1. The monoisotopic (exact) mass is 469 g/mol. The molecule has 1 N–H and O–H groups in total. The number of amides is 1. The summed E-state index contributed by atoms with van der Waals surface area (Å²) in [6.45, 7) is 10.5. The molecule has 1 amide bonds. The molecule has 0 spiro atoms. The number of benzene rings is 3. The van der Waals surface area contributed by atoms with Gasteiger partial charge in [0, 0.05) is 11.3 Å². The smallest absolute Gasteiger partial charge is 0.300 e. The zero-order valence-corrected chi connectivity index (χ0v) is 20.8. The van der Waals surface area contributed by atoms with Crippen LogP contribution in [0.15, 0.2) is 72.3 Å². The van der Waals surface area contributed by atoms with Crippen LogP contribution in [0.25, 0.3) is 5.76 Å². The minimum atomic E-state index is -0.744. The van der Waals surface area contributed by atoms with E-state index in [0.717, 1.165) is 28.0 Å². The van der Waals surface area contributed by atoms with E-state index in [1.165, 1.54) is 4.90 Å². The summed E-state index contributed by atoms with van der Waals surface area (Å²) in [7, 11) is 0. The van der Waals surface area contributed by atoms with Crippen molar-refractivity contribution in [2.45, 2.75) is 46.6 Å². The van der Waals surface area contributed by atoms with Gasteiger partial charge >= 0.3 is 0 Å². The molecule has 1 atom stereocenters. The largest absolute Gasteiger partial charge is 0.507 e. The molecule has 0 aromatic heterocycles. The van der Waals surface area contributed by atoms with Crippen LogP contribution in [0.3, 0.4) is 0 Å². The summed E-state index contributed by atoms with van der Waals surface area (Å²) in [6, 6.07) is 19.8. The third kappa shape index (κ3) is 4.59. The Morgan fingerprint density at radius 2 is 1.69 bits per heavy atom. The molecule has 1 unspecified atom stereocenters. The van der Waals surface area contributed by atoms with Gasteiger partial charge in [-0.25, -0.2) is 0 Å². The number of hydrogen-bond acceptors (Lipinski definition) is 4. The molecule has 35 heavy (non-hydrogen) atoms. The van der Waals surface area contributed by atoms with Gasteiger partial charge < -0.3 is 9.84 Å². The molecule has 0 saturated carbocycles. The van der Waals surface area contributed by atoms with Gasteiger partial charge in [-0.05, 0) is 68.1 Å². The highest BCUT2D eigenvalue weighted by atomic mass is 16.5. The minimum Gasteiger partial charge on any atom is -0.507 e. The normalized spacial score (nSPS) is 17.3. The zero-order valence-electron chi connectivity index (χ0n) is 20.8. The van der Waals surface area contributed by atoms with E-state index in [1.807, 2.05) is 95.3 Å². The predicted octanol–water partition coefficient (Wildman–Crippen LogP) is 6.45. The van der Waals surface area contributed by atoms with Crippen molar-refractivity contribution in [1.29, 1.82) is 0 Å². The Balaban J connectivity index is 1.93. The highest BCUT2D eigenvalue weighted by Gasteiger charge is 2.47. The summed E-state index contributed by atoms with van der Waals surface area (Å²) < 4.78 is 5.76. The molecule has 5 nitrogen and oxygen atoms in total. The second-order valence-electron chi connectivity index (χ2n) is 9.26. The lowest BCUT2D eigenvalue weighted by Crippen LogP contribution is -2.29. The first-order chi connectivity index (χ1) is 16.7. The molecule has 3 aromatic rings. The number of aliphatic hydroxyl groups is 1. The average molecular weight is 470 g/mol. The lowest BCUT2D eigenvalue weighted by atomic mass is 9.92. The topological polar surface area (TPSA) is 66.8 Å². The fourth-order valence-corrected chi connectivity index (χ4v) is 4.55. The number of ketones is 1. The van der Waals surface area contributed by atoms with Crippen LogP contribution in [0.1, 0.15) is 60.5 Å². The molecule has 4 rings (SSSR count). The van der Waals surface area contributed by atoms with E-state index < -0.39 is 17.7 Å². The fraction of sp³-hybridized carbons (Fsp3) is 0.267. The van der Waals surface area contributed by atoms with Crippen LogP contribution in [0, 0.1) is 13.8 Å². The van der Waals surface area contributed by atoms with Gasteiger partial charge in [-0.1, -0.05) is 61.4 Å². The Bertz CT molecular complexity index is 1300. The summed E-state index contributed by atoms with van der Waals surface area (Å²) in [5, 5.41) is 11.5. The van der Waals surface area contributed by atoms with Gasteiger partial charge in [-0.2, -0.15) is 0 Å². The second-order valence-corrected chi connectivity index (χ2v) is 9.26. The Kier molecular flexibility index (Phi) is 6.79. The van der Waals surface area contributed by atoms with Crippen molar-refractivity contribution in [1.82, 2.24) is 0 Å². The molecule has 5 heteroatoms. The van der Waals surface area contributed by atoms with Crippen LogP contribution in [-0.4, -0.2) is 23.4 Å². The molecule has 0 aliphatic carbocycles. The highest BCUT2D eigenvalue weighted by Crippen LogP contribution is 2.43. The van der Waals surface area contributed by atoms with E-state index in [-0.39, 0.29) is 17.3 Å². The van der Waals surface area contributed by atoms with Crippen LogP contribution in [0.5, 0.6) is 5.75 Å². The van der Waals surface area contributed by atoms with Gasteiger partial charge in [0.15, 0.2) is 0 Å². The molecule has 1 aliphatic heterocycles. The zero-order chi connectivity index (χ0) is 25.3. The van der Waals surface area contributed by atoms with E-state index in [2.05, 4.69) is 0 Å². The van der Waals surface area contributed by atoms with Crippen molar-refractivity contribution in [3.63, 3.8) is 0 Å². The van der Waals surface area contributed by atoms with E-state index in [0.29, 0.717) is 17.9 Å². The molecule has 180 valence electrons. The molecule has 1 saturated heterocycles. The Labute approximate surface area is 206 Å². The molecular formula is C30H31NO4. The Morgan fingerprint density at radius 3 is 2.31 bits per heavy atom. The summed E-state index contributed by atoms with van der Waals surface area (Å²) in [5.41, 5.74) is 4.92. The molecular weight excluding hydrogens is 438 g/mol. The van der Waals surface area contributed by atoms with Crippen LogP contribution in [-0.2, 0) is 9.59 Å². The molecule has 0 bridgehead atoms. The van der Waals surface area contributed by atoms with E-state index in [4.69, 9.17) is 4.74 Å². The quantitative estimate of drug-likeness (QED) is 0.256. The lowest BCUT2D eigenvalue weighted by molar-refractivity contribution is -0.132. The van der Waals surface area contributed by atoms with Gasteiger partial charge in [-0.15, -0.1) is 0 Å². The maximum absolute atomic E-state index is 13.4. The van der Waals surface area contributed by atoms with Crippen molar-refractivity contribution in [3.05, 3.63) is 100 Å². The minimum absolute atomic E-state index is 0.0834. The summed E-state index contributed by atoms with van der Waals surface area (Å²) in [4.78, 5) is 28.2. The first kappa shape index (κ1) is 24.3. The van der Waals surface area contributed by atoms with Crippen molar-refractivity contribution in [3.8, 4) is 5.75 Å². The van der Waals surface area contributed by atoms with Crippen molar-refractivity contribution in [2.75, 3.05) is 11.5 Å². The predicted molar refractivity (Wildman–Crippen MR) is 139 cm³/mol. The maximum Gasteiger partial charge on any atom is 0.300 e. The summed E-state index contributed by atoms with van der Waals surface area (Å²) >= 11 is 0. The number of rotatable bonds is 6. The van der Waals surface area contributed by atoms with E-state index in [1.54, 1.807) is 6.07 Å². The Hall–Kier alpha value is -3.86. The number of anilines is 1. The van der Waals surface area contributed by atoms with Crippen molar-refractivity contribution >= 4 is 23.1 Å². The van der Waals surface area contributed by atoms with Gasteiger partial charge in [0.1, 0.15) is 11.5 Å². The second kappa shape index (κ2) is 9.79. The molecule has 1 heterocycles. The standard InChI is InChI=1S/C30H31NO4/c1-6-35-25-15-12-22(17-24(25)18(2)3)28(32)26-27(21-9-7-8-20(5)16-21)31(30(34)29(26)33)23-13-10-19(4)11-14-23/h7-18,27,32H,6H2,1-5H3/b28-26-. The number of aliphatic hydroxyl groups excluding tert-OH is 1. The number of carbonyl (C=O) groups is 2. The van der Waals surface area contributed by atoms with Crippen LogP contribution in [0.4, 0.5) is 5.69 Å². The number of carbonyl (C=O) groups excluding carboxylic acids is 2. The van der Waals surface area contributed by atoms with Gasteiger partial charge in [0.2, 0.25) is 0 Å². The van der Waals surface area contributed by atoms with Gasteiger partial charge in [0.05, 0.1) is 18.2 Å². The van der Waals surface area contributed by atoms with Gasteiger partial charge in [0.25, 0.3) is 11.7 Å².